The first-order chi connectivity index (χ1) is 55.0. The van der Waals surface area contributed by atoms with Crippen LogP contribution in [0.5, 0.6) is 5.75 Å². The topological polar surface area (TPSA) is 545 Å². The number of aromatic amines is 1. The van der Waals surface area contributed by atoms with E-state index in [0.717, 1.165) is 38.9 Å². The van der Waals surface area contributed by atoms with E-state index in [0.29, 0.717) is 30.5 Å². The molecule has 37 nitrogen and oxygen atoms in total. The van der Waals surface area contributed by atoms with Crippen molar-refractivity contribution < 1.29 is 101 Å². The van der Waals surface area contributed by atoms with Gasteiger partial charge in [-0.3, -0.25) is 66.5 Å². The lowest BCUT2D eigenvalue weighted by atomic mass is 9.83. The summed E-state index contributed by atoms with van der Waals surface area (Å²) in [7, 11) is 0.0524. The van der Waals surface area contributed by atoms with Gasteiger partial charge >= 0.3 is 12.1 Å². The number of aliphatic hydroxyl groups is 3. The van der Waals surface area contributed by atoms with E-state index < -0.39 is 236 Å². The van der Waals surface area contributed by atoms with Crippen LogP contribution in [0.1, 0.15) is 141 Å². The van der Waals surface area contributed by atoms with Crippen molar-refractivity contribution in [3.05, 3.63) is 70.5 Å². The van der Waals surface area contributed by atoms with Crippen molar-refractivity contribution in [2.45, 2.75) is 205 Å². The van der Waals surface area contributed by atoms with Gasteiger partial charge in [-0.05, 0) is 79.2 Å². The molecule has 2 unspecified atom stereocenters. The lowest BCUT2D eigenvalue weighted by molar-refractivity contribution is -0.167. The Morgan fingerprint density at radius 1 is 0.828 bits per heavy atom. The van der Waals surface area contributed by atoms with E-state index in [1.807, 2.05) is 27.7 Å². The maximum Gasteiger partial charge on any atom is 0.409 e. The maximum atomic E-state index is 16.4. The molecule has 116 heavy (non-hydrogen) atoms. The normalized spacial score (nSPS) is 23.1. The third-order valence-corrected chi connectivity index (χ3v) is 23.5. The van der Waals surface area contributed by atoms with Crippen molar-refractivity contribution in [3.8, 4) is 5.75 Å². The first-order valence-electron chi connectivity index (χ1n) is 39.3. The maximum absolute atomic E-state index is 16.4. The minimum atomic E-state index is -3.24. The second-order valence-corrected chi connectivity index (χ2v) is 32.2. The number of carbonyl (C=O) groups is 15. The number of nitrogens with two attached hydrogens (primary N) is 2. The van der Waals surface area contributed by atoms with Gasteiger partial charge in [-0.15, -0.1) is 5.10 Å². The number of likely N-dealkylation sites (N-methyl/N-ethyl adjacent to an activating group) is 2. The van der Waals surface area contributed by atoms with Gasteiger partial charge < -0.3 is 93.2 Å². The van der Waals surface area contributed by atoms with Gasteiger partial charge in [0.2, 0.25) is 41.4 Å². The number of hydrogen-bond donors (Lipinski definition) is 13. The highest BCUT2D eigenvalue weighted by Crippen LogP contribution is 2.40. The Bertz CT molecular complexity index is 4340. The van der Waals surface area contributed by atoms with Crippen LogP contribution in [0.3, 0.4) is 0 Å². The van der Waals surface area contributed by atoms with Crippen molar-refractivity contribution in [1.29, 1.82) is 0 Å². The first kappa shape index (κ1) is 90.9. The predicted molar refractivity (Wildman–Crippen MR) is 417 cm³/mol. The van der Waals surface area contributed by atoms with E-state index in [9.17, 15) is 63.3 Å². The molecule has 38 heteroatoms. The van der Waals surface area contributed by atoms with Crippen LogP contribution < -0.4 is 53.4 Å². The number of nitrogens with zero attached hydrogens (tertiary/aromatic N) is 6. The highest BCUT2D eigenvalue weighted by Gasteiger charge is 2.63. The molecule has 8 bridgehead atoms. The molecule has 4 aromatic rings. The number of amides is 12. The number of fused-ring (bicyclic) bond motifs is 8. The molecule has 12 amide bonds. The van der Waals surface area contributed by atoms with Gasteiger partial charge in [-0.1, -0.05) is 84.4 Å². The Labute approximate surface area is 673 Å². The molecular weight excluding hydrogens is 1530 g/mol. The molecule has 5 aliphatic rings. The molecule has 1 fully saturated rings. The number of aryl methyl sites for hydroxylation is 2. The largest absolute Gasteiger partial charge is 0.465 e. The van der Waals surface area contributed by atoms with Crippen molar-refractivity contribution in [3.63, 3.8) is 0 Å². The van der Waals surface area contributed by atoms with Crippen molar-refractivity contribution in [1.82, 2.24) is 71.9 Å². The second-order valence-electron chi connectivity index (χ2n) is 30.8. The highest BCUT2D eigenvalue weighted by molar-refractivity contribution is 7.85. The molecule has 634 valence electrons. The molecule has 0 spiro atoms. The van der Waals surface area contributed by atoms with Crippen molar-refractivity contribution in [2.75, 3.05) is 65.7 Å². The summed E-state index contributed by atoms with van der Waals surface area (Å²) in [5.74, 6) is -19.6. The Morgan fingerprint density at radius 3 is 2.16 bits per heavy atom. The number of urea groups is 1. The van der Waals surface area contributed by atoms with Gasteiger partial charge in [0.05, 0.1) is 95.4 Å². The van der Waals surface area contributed by atoms with E-state index >= 15 is 28.2 Å². The summed E-state index contributed by atoms with van der Waals surface area (Å²) < 4.78 is 29.6. The van der Waals surface area contributed by atoms with E-state index in [1.54, 1.807) is 42.8 Å². The predicted octanol–water partition coefficient (Wildman–Crippen LogP) is -1.11. The second kappa shape index (κ2) is 41.3. The SMILES string of the molecule is CCc1nnn(CCCC(=O)C[C@H](C(=O)N[C@@H](CCCNC(N)=O)C(=O)Cc2ccc(COC(=O)N(C)CCN(C)C(=O)C34Oc5ccc6c7c([nH]c6c5)S(=O)C[C@H](NC(=O)CNC(=O)[C@H]([C@@H](C)CC)NC(=O)CNC(=O)[C@H](CC(=O)[C@H]([C@@H](C)[C@@H](O)CO)NC3=O)C7)C(=O)C[C@@H](CC(N)=O)C(=O)N3C[C@H](O)C[C@H]34)cc2)C(C)C)c1CC. The highest BCUT2D eigenvalue weighted by atomic mass is 32.2. The summed E-state index contributed by atoms with van der Waals surface area (Å²) in [5, 5.41) is 60.2. The zero-order valence-electron chi connectivity index (χ0n) is 67.0. The van der Waals surface area contributed by atoms with Gasteiger partial charge in [0.15, 0.2) is 17.3 Å². The third-order valence-electron chi connectivity index (χ3n) is 22.1. The third kappa shape index (κ3) is 22.9. The Morgan fingerprint density at radius 2 is 1.51 bits per heavy atom. The number of carbonyl (C=O) groups excluding carboxylic acids is 15. The number of ether oxygens (including phenoxy) is 2. The Balaban J connectivity index is 1.08. The van der Waals surface area contributed by atoms with Gasteiger partial charge in [0, 0.05) is 121 Å². The van der Waals surface area contributed by atoms with Crippen LogP contribution in [0, 0.1) is 35.5 Å². The standard InChI is InChI=1S/C78H110N16O21S/c1-10-42(6)67-71(107)83-35-65(103)84-57-40-116(113)72-53-28-46(69(105)82-36-66(104)87-67)29-61(100)68(43(7)62(101)38-95)88-74(109)78(115-50-21-22-51(53)56(34-50)86-72,63-33-49(97)37-93(63)73(108)47(30-60(57)99)31-64(79)102)75(110)91(8)25-26-92(9)77(112)114-39-45-19-17-44(18-20-45)27-59(98)55(16-13-23-81-76(80)111)85-70(106)52(41(4)5)32-48(96)15-14-24-94-58(12-3)54(11-2)89-90-94/h17-22,34,41-43,46-47,49,52,55,57,62-63,67-68,86,95,97,101H,10-16,23-33,35-40H2,1-9H3,(H2,79,102)(H,82,105)(H,83,107)(H,84,103)(H,85,106)(H,87,104)(H,88,109)(H3,80,81,111)/t42-,43-,46-,47-,49+,52-,55-,57-,62-,63-,67-,68-,78?,116?/m0/s1. The zero-order valence-corrected chi connectivity index (χ0v) is 67.8. The Kier molecular flexibility index (Phi) is 32.4. The minimum absolute atomic E-state index is 0.0484. The number of benzene rings is 2. The molecular formula is C78H110N16O21S. The molecule has 2 aromatic carbocycles. The van der Waals surface area contributed by atoms with Crippen LogP contribution >= 0.6 is 0 Å². The van der Waals surface area contributed by atoms with Gasteiger partial charge in [-0.2, -0.15) is 0 Å². The number of hydrogen-bond acceptors (Lipinski definition) is 23. The van der Waals surface area contributed by atoms with E-state index in [2.05, 4.69) is 52.5 Å². The molecule has 14 atom stereocenters. The summed E-state index contributed by atoms with van der Waals surface area (Å²) >= 11 is 0. The van der Waals surface area contributed by atoms with E-state index in [-0.39, 0.29) is 96.5 Å². The average molecular weight is 1640 g/mol. The van der Waals surface area contributed by atoms with Crippen LogP contribution in [-0.4, -0.2) is 256 Å². The van der Waals surface area contributed by atoms with Crippen LogP contribution in [-0.2, 0) is 117 Å². The van der Waals surface area contributed by atoms with Crippen molar-refractivity contribution in [2.24, 2.45) is 47.0 Å². The number of aromatic nitrogens is 4. The summed E-state index contributed by atoms with van der Waals surface area (Å²) in [6, 6.07) is 1.52. The molecule has 0 radical (unpaired) electrons. The number of rotatable bonds is 31. The molecule has 7 heterocycles. The fraction of sp³-hybridized carbons (Fsp3) is 0.603. The van der Waals surface area contributed by atoms with Gasteiger partial charge in [0.1, 0.15) is 29.2 Å². The van der Waals surface area contributed by atoms with Gasteiger partial charge in [-0.25, -0.2) is 14.3 Å². The minimum Gasteiger partial charge on any atom is -0.465 e. The molecule has 0 saturated carbocycles. The fourth-order valence-electron chi connectivity index (χ4n) is 15.0. The zero-order chi connectivity index (χ0) is 85.2. The molecule has 5 aliphatic heterocycles. The summed E-state index contributed by atoms with van der Waals surface area (Å²) in [5.41, 5.74) is 10.9. The lowest BCUT2D eigenvalue weighted by Gasteiger charge is -2.43. The van der Waals surface area contributed by atoms with Crippen LogP contribution in [0.15, 0.2) is 47.5 Å². The summed E-state index contributed by atoms with van der Waals surface area (Å²) in [4.78, 5) is 221. The van der Waals surface area contributed by atoms with Crippen molar-refractivity contribution >= 4 is 110 Å². The summed E-state index contributed by atoms with van der Waals surface area (Å²) in [6.07, 6.45) is -5.73. The molecule has 15 N–H and O–H groups in total. The van der Waals surface area contributed by atoms with Crippen LogP contribution in [0.25, 0.3) is 10.9 Å². The molecule has 9 rings (SSSR count). The Hall–Kier alpha value is -10.6. The molecule has 0 aliphatic carbocycles. The monoisotopic (exact) mass is 1640 g/mol. The van der Waals surface area contributed by atoms with E-state index in [1.165, 1.54) is 39.2 Å². The lowest BCUT2D eigenvalue weighted by Crippen LogP contribution is -2.72. The fourth-order valence-corrected chi connectivity index (χ4v) is 16.4. The number of aliphatic hydroxyl groups excluding tert-OH is 3. The molecule has 2 aromatic heterocycles. The smallest absolute Gasteiger partial charge is 0.409 e. The quantitative estimate of drug-likeness (QED) is 0.0210. The average Bonchev–Trinajstić information content (AvgIpc) is 1.46. The van der Waals surface area contributed by atoms with Crippen LogP contribution in [0.2, 0.25) is 0 Å². The van der Waals surface area contributed by atoms with E-state index in [4.69, 9.17) is 20.9 Å². The molecule has 1 saturated heterocycles. The number of H-pyrrole nitrogens is 1. The number of primary amides is 2. The first-order valence-corrected chi connectivity index (χ1v) is 40.6. The van der Waals surface area contributed by atoms with Gasteiger partial charge in [0.25, 0.3) is 17.4 Å². The van der Waals surface area contributed by atoms with Crippen LogP contribution in [0.4, 0.5) is 9.59 Å². The number of ketones is 4. The summed E-state index contributed by atoms with van der Waals surface area (Å²) in [6.45, 7) is 8.32. The number of Topliss-reactive ketones (excluding diaryl/α,β-unsaturated/α-hetero) is 4. The number of nitrogens with one attached hydrogen (secondary N) is 8.